The first-order chi connectivity index (χ1) is 19.1. The van der Waals surface area contributed by atoms with Crippen LogP contribution in [0.2, 0.25) is 0 Å². The van der Waals surface area contributed by atoms with Crippen molar-refractivity contribution >= 4 is 11.8 Å². The minimum Gasteiger partial charge on any atom is -0.316 e. The van der Waals surface area contributed by atoms with Crippen molar-refractivity contribution in [3.63, 3.8) is 0 Å². The van der Waals surface area contributed by atoms with Gasteiger partial charge in [0, 0.05) is 55.4 Å². The molecule has 0 aliphatic carbocycles. The molecule has 0 unspecified atom stereocenters. The smallest absolute Gasteiger partial charge is 0.244 e. The highest BCUT2D eigenvalue weighted by Gasteiger charge is 2.43. The summed E-state index contributed by atoms with van der Waals surface area (Å²) in [6, 6.07) is 20.6. The van der Waals surface area contributed by atoms with Gasteiger partial charge in [0.05, 0.1) is 10.8 Å². The third-order valence-electron chi connectivity index (χ3n) is 8.41. The zero-order valence-corrected chi connectivity index (χ0v) is 25.4. The van der Waals surface area contributed by atoms with Crippen molar-refractivity contribution in [2.24, 2.45) is 10.8 Å². The Hall–Kier alpha value is -2.78. The highest BCUT2D eigenvalue weighted by atomic mass is 16.2. The van der Waals surface area contributed by atoms with Crippen LogP contribution in [0, 0.1) is 10.8 Å². The summed E-state index contributed by atoms with van der Waals surface area (Å²) in [5, 5.41) is 14.0. The molecule has 2 atom stereocenters. The predicted molar refractivity (Wildman–Crippen MR) is 169 cm³/mol. The number of carbonyl (C=O) groups excluding carboxylic acids is 2. The highest BCUT2D eigenvalue weighted by Crippen LogP contribution is 2.34. The number of benzene rings is 2. The second-order valence-electron chi connectivity index (χ2n) is 11.8. The Morgan fingerprint density at radius 2 is 0.976 bits per heavy atom. The van der Waals surface area contributed by atoms with Crippen molar-refractivity contribution in [1.29, 1.82) is 0 Å². The Labute approximate surface area is 249 Å². The van der Waals surface area contributed by atoms with E-state index in [2.05, 4.69) is 34.9 Å². The van der Waals surface area contributed by atoms with Crippen LogP contribution in [0.1, 0.15) is 44.2 Å². The topological polar surface area (TPSA) is 71.2 Å². The van der Waals surface area contributed by atoms with Crippen LogP contribution in [0.4, 0.5) is 0 Å². The third-order valence-corrected chi connectivity index (χ3v) is 8.41. The highest BCUT2D eigenvalue weighted by molar-refractivity contribution is 5.83. The molecule has 2 heterocycles. The maximum absolute atomic E-state index is 12.9. The van der Waals surface area contributed by atoms with Crippen molar-refractivity contribution < 1.29 is 9.59 Å². The van der Waals surface area contributed by atoms with Crippen LogP contribution in [0.3, 0.4) is 0 Å². The minimum atomic E-state index is -0.321. The van der Waals surface area contributed by atoms with E-state index in [1.807, 2.05) is 88.7 Å². The molecule has 2 N–H and O–H groups in total. The van der Waals surface area contributed by atoms with Gasteiger partial charge in [-0.1, -0.05) is 68.1 Å². The summed E-state index contributed by atoms with van der Waals surface area (Å²) in [5.41, 5.74) is 1.82. The first-order valence-corrected chi connectivity index (χ1v) is 14.5. The molecule has 0 radical (unpaired) electrons. The molecule has 2 amide bonds. The summed E-state index contributed by atoms with van der Waals surface area (Å²) in [7, 11) is 11.3. The van der Waals surface area contributed by atoms with E-state index < -0.39 is 0 Å². The van der Waals surface area contributed by atoms with Gasteiger partial charge in [0.25, 0.3) is 0 Å². The van der Waals surface area contributed by atoms with Gasteiger partial charge in [0.2, 0.25) is 11.8 Å². The summed E-state index contributed by atoms with van der Waals surface area (Å²) in [4.78, 5) is 25.8. The van der Waals surface area contributed by atoms with E-state index in [1.165, 1.54) is 11.1 Å². The van der Waals surface area contributed by atoms with Gasteiger partial charge in [-0.25, -0.2) is 10.0 Å². The molecular weight excluding hydrogens is 512 g/mol. The molecule has 2 aliphatic rings. The fourth-order valence-corrected chi connectivity index (χ4v) is 5.78. The lowest BCUT2D eigenvalue weighted by atomic mass is 9.74. The van der Waals surface area contributed by atoms with E-state index in [-0.39, 0.29) is 30.1 Å². The first kappa shape index (κ1) is 34.4. The molecule has 8 nitrogen and oxygen atoms in total. The zero-order chi connectivity index (χ0) is 29.2. The quantitative estimate of drug-likeness (QED) is 0.475. The summed E-state index contributed by atoms with van der Waals surface area (Å²) in [6.45, 7) is 3.54. The van der Waals surface area contributed by atoms with Gasteiger partial charge in [-0.2, -0.15) is 0 Å². The van der Waals surface area contributed by atoms with Gasteiger partial charge in [-0.05, 0) is 62.7 Å². The van der Waals surface area contributed by atoms with Crippen molar-refractivity contribution in [3.05, 3.63) is 71.8 Å². The Balaban J connectivity index is 0.000000280. The number of amides is 2. The molecular formula is C33H54N6O2. The van der Waals surface area contributed by atoms with E-state index in [0.29, 0.717) is 0 Å². The lowest BCUT2D eigenvalue weighted by Gasteiger charge is -2.40. The molecule has 0 spiro atoms. The Bertz CT molecular complexity index is 962. The van der Waals surface area contributed by atoms with Crippen LogP contribution < -0.4 is 10.6 Å². The molecule has 228 valence electrons. The average molecular weight is 567 g/mol. The van der Waals surface area contributed by atoms with Crippen molar-refractivity contribution in [3.8, 4) is 0 Å². The monoisotopic (exact) mass is 566 g/mol. The SMILES string of the molecule is C.CN(C)N(C)C(=O)[C@@]1(Cc2ccccc2)CCCNC1.CN(C)N(C)C(=O)[C@]1(Cc2ccccc2)CCCNC1. The van der Waals surface area contributed by atoms with Gasteiger partial charge in [-0.15, -0.1) is 0 Å². The van der Waals surface area contributed by atoms with E-state index in [0.717, 1.165) is 64.7 Å². The molecule has 2 aromatic carbocycles. The van der Waals surface area contributed by atoms with Gasteiger partial charge < -0.3 is 10.6 Å². The molecule has 0 saturated carbocycles. The summed E-state index contributed by atoms with van der Waals surface area (Å²) in [5.74, 6) is 0.414. The maximum Gasteiger partial charge on any atom is 0.244 e. The van der Waals surface area contributed by atoms with E-state index >= 15 is 0 Å². The van der Waals surface area contributed by atoms with Gasteiger partial charge in [-0.3, -0.25) is 19.6 Å². The number of nitrogens with one attached hydrogen (secondary N) is 2. The standard InChI is InChI=1S/2C16H25N3O.CH4/c2*1-18(2)19(3)15(20)16(10-7-11-17-13-16)12-14-8-5-4-6-9-14;/h2*4-6,8-9,17H,7,10-13H2,1-3H3;1H4/t2*16-;/m10./s1. The van der Waals surface area contributed by atoms with Crippen LogP contribution in [-0.4, -0.2) is 100 Å². The number of hydrogen-bond donors (Lipinski definition) is 2. The molecule has 41 heavy (non-hydrogen) atoms. The van der Waals surface area contributed by atoms with Crippen LogP contribution >= 0.6 is 0 Å². The minimum absolute atomic E-state index is 0. The Kier molecular flexibility index (Phi) is 13.4. The van der Waals surface area contributed by atoms with Crippen LogP contribution in [0.25, 0.3) is 0 Å². The molecule has 8 heteroatoms. The van der Waals surface area contributed by atoms with E-state index in [9.17, 15) is 9.59 Å². The number of rotatable bonds is 8. The average Bonchev–Trinajstić information content (AvgIpc) is 2.97. The normalized spacial score (nSPS) is 22.2. The Morgan fingerprint density at radius 1 is 0.634 bits per heavy atom. The molecule has 2 saturated heterocycles. The molecule has 0 aromatic heterocycles. The van der Waals surface area contributed by atoms with Gasteiger partial charge >= 0.3 is 0 Å². The predicted octanol–water partition coefficient (Wildman–Crippen LogP) is 3.70. The van der Waals surface area contributed by atoms with E-state index in [4.69, 9.17) is 0 Å². The largest absolute Gasteiger partial charge is 0.316 e. The zero-order valence-electron chi connectivity index (χ0n) is 25.4. The van der Waals surface area contributed by atoms with Crippen molar-refractivity contribution in [2.45, 2.75) is 46.0 Å². The molecule has 2 aromatic rings. The number of nitrogens with zero attached hydrogens (tertiary/aromatic N) is 4. The maximum atomic E-state index is 12.9. The molecule has 0 bridgehead atoms. The van der Waals surface area contributed by atoms with Gasteiger partial charge in [0.1, 0.15) is 0 Å². The fraction of sp³-hybridized carbons (Fsp3) is 0.576. The fourth-order valence-electron chi connectivity index (χ4n) is 5.78. The summed E-state index contributed by atoms with van der Waals surface area (Å²) in [6.07, 6.45) is 5.62. The number of hydrazine groups is 2. The summed E-state index contributed by atoms with van der Waals surface area (Å²) >= 11 is 0. The number of piperidine rings is 2. The van der Waals surface area contributed by atoms with Crippen LogP contribution in [0.15, 0.2) is 60.7 Å². The second-order valence-corrected chi connectivity index (χ2v) is 11.8. The van der Waals surface area contributed by atoms with E-state index in [1.54, 1.807) is 10.0 Å². The van der Waals surface area contributed by atoms with Crippen LogP contribution in [0.5, 0.6) is 0 Å². The lowest BCUT2D eigenvalue weighted by molar-refractivity contribution is -0.155. The first-order valence-electron chi connectivity index (χ1n) is 14.5. The van der Waals surface area contributed by atoms with Crippen LogP contribution in [-0.2, 0) is 22.4 Å². The number of carbonyl (C=O) groups is 2. The second kappa shape index (κ2) is 16.0. The van der Waals surface area contributed by atoms with Crippen molar-refractivity contribution in [2.75, 3.05) is 68.5 Å². The van der Waals surface area contributed by atoms with Gasteiger partial charge in [0.15, 0.2) is 0 Å². The summed E-state index contributed by atoms with van der Waals surface area (Å²) < 4.78 is 0. The Morgan fingerprint density at radius 3 is 1.24 bits per heavy atom. The lowest BCUT2D eigenvalue weighted by Crippen LogP contribution is -2.55. The third kappa shape index (κ3) is 9.10. The molecule has 2 fully saturated rings. The van der Waals surface area contributed by atoms with Crippen molar-refractivity contribution in [1.82, 2.24) is 30.7 Å². The molecule has 2 aliphatic heterocycles. The molecule has 4 rings (SSSR count). The number of hydrogen-bond acceptors (Lipinski definition) is 6.